The van der Waals surface area contributed by atoms with Gasteiger partial charge in [0.25, 0.3) is 5.91 Å². The van der Waals surface area contributed by atoms with Gasteiger partial charge in [-0.15, -0.1) is 0 Å². The minimum Gasteiger partial charge on any atom is -0.497 e. The van der Waals surface area contributed by atoms with Gasteiger partial charge in [0.05, 0.1) is 17.3 Å². The Labute approximate surface area is 170 Å². The van der Waals surface area contributed by atoms with Gasteiger partial charge in [-0.3, -0.25) is 9.59 Å². The summed E-state index contributed by atoms with van der Waals surface area (Å²) in [7, 11) is -1.93. The Kier molecular flexibility index (Phi) is 6.22. The summed E-state index contributed by atoms with van der Waals surface area (Å²) in [5, 5.41) is -0.522. The maximum atomic E-state index is 12.9. The Hall–Kier alpha value is -2.87. The number of carbonyl (C=O) groups is 2. The van der Waals surface area contributed by atoms with Crippen molar-refractivity contribution in [3.63, 3.8) is 0 Å². The highest BCUT2D eigenvalue weighted by atomic mass is 32.2. The SMILES string of the molecule is COc1ccc(S(=O)(=O)C2CCN(C(=O)c3ccc(OC(C)=O)cc3)CC2)cc1. The lowest BCUT2D eigenvalue weighted by atomic mass is 10.1. The zero-order chi connectivity index (χ0) is 21.0. The molecule has 0 aromatic heterocycles. The number of sulfone groups is 1. The molecule has 8 heteroatoms. The second-order valence-corrected chi connectivity index (χ2v) is 9.06. The molecule has 1 amide bonds. The second kappa shape index (κ2) is 8.65. The third-order valence-electron chi connectivity index (χ3n) is 4.92. The topological polar surface area (TPSA) is 90.0 Å². The van der Waals surface area contributed by atoms with Crippen LogP contribution in [0.25, 0.3) is 0 Å². The Bertz CT molecular complexity index is 975. The van der Waals surface area contributed by atoms with E-state index in [2.05, 4.69) is 0 Å². The molecule has 2 aromatic carbocycles. The highest BCUT2D eigenvalue weighted by Crippen LogP contribution is 2.27. The molecule has 1 heterocycles. The Morgan fingerprint density at radius 3 is 2.00 bits per heavy atom. The molecule has 29 heavy (non-hydrogen) atoms. The van der Waals surface area contributed by atoms with Gasteiger partial charge in [0.1, 0.15) is 11.5 Å². The van der Waals surface area contributed by atoms with Crippen LogP contribution in [0.4, 0.5) is 0 Å². The zero-order valence-corrected chi connectivity index (χ0v) is 17.1. The molecule has 0 N–H and O–H groups in total. The number of piperidine rings is 1. The minimum absolute atomic E-state index is 0.167. The Morgan fingerprint density at radius 2 is 1.48 bits per heavy atom. The number of hydrogen-bond acceptors (Lipinski definition) is 6. The van der Waals surface area contributed by atoms with Gasteiger partial charge < -0.3 is 14.4 Å². The van der Waals surface area contributed by atoms with Gasteiger partial charge in [-0.2, -0.15) is 0 Å². The number of methoxy groups -OCH3 is 1. The first-order valence-electron chi connectivity index (χ1n) is 9.27. The van der Waals surface area contributed by atoms with Crippen LogP contribution in [0.15, 0.2) is 53.4 Å². The maximum Gasteiger partial charge on any atom is 0.308 e. The Morgan fingerprint density at radius 1 is 0.931 bits per heavy atom. The van der Waals surface area contributed by atoms with Crippen LogP contribution in [0.3, 0.4) is 0 Å². The molecule has 1 aliphatic heterocycles. The van der Waals surface area contributed by atoms with Crippen LogP contribution >= 0.6 is 0 Å². The van der Waals surface area contributed by atoms with Crippen molar-refractivity contribution in [1.29, 1.82) is 0 Å². The number of likely N-dealkylation sites (tertiary alicyclic amines) is 1. The summed E-state index contributed by atoms with van der Waals surface area (Å²) in [4.78, 5) is 25.6. The second-order valence-electron chi connectivity index (χ2n) is 6.83. The number of esters is 1. The third kappa shape index (κ3) is 4.76. The molecular formula is C21H23NO6S. The van der Waals surface area contributed by atoms with Crippen LogP contribution in [0.2, 0.25) is 0 Å². The van der Waals surface area contributed by atoms with E-state index in [9.17, 15) is 18.0 Å². The normalized spacial score (nSPS) is 15.0. The molecule has 7 nitrogen and oxygen atoms in total. The molecule has 0 bridgehead atoms. The average molecular weight is 417 g/mol. The van der Waals surface area contributed by atoms with Crippen molar-refractivity contribution in [3.05, 3.63) is 54.1 Å². The molecule has 0 saturated carbocycles. The van der Waals surface area contributed by atoms with Crippen molar-refractivity contribution < 1.29 is 27.5 Å². The van der Waals surface area contributed by atoms with E-state index in [1.165, 1.54) is 14.0 Å². The molecule has 0 aliphatic carbocycles. The smallest absolute Gasteiger partial charge is 0.308 e. The lowest BCUT2D eigenvalue weighted by Gasteiger charge is -2.31. The summed E-state index contributed by atoms with van der Waals surface area (Å²) in [5.41, 5.74) is 0.470. The van der Waals surface area contributed by atoms with Crippen LogP contribution in [0, 0.1) is 0 Å². The molecule has 2 aromatic rings. The summed E-state index contributed by atoms with van der Waals surface area (Å²) in [5.74, 6) is 0.381. The predicted octanol–water partition coefficient (Wildman–Crippen LogP) is 2.70. The first-order valence-corrected chi connectivity index (χ1v) is 10.8. The van der Waals surface area contributed by atoms with Gasteiger partial charge in [-0.1, -0.05) is 0 Å². The molecule has 0 spiro atoms. The van der Waals surface area contributed by atoms with Gasteiger partial charge in [0, 0.05) is 25.6 Å². The van der Waals surface area contributed by atoms with Crippen molar-refractivity contribution >= 4 is 21.7 Å². The molecule has 1 aliphatic rings. The van der Waals surface area contributed by atoms with Crippen LogP contribution in [-0.4, -0.2) is 50.6 Å². The van der Waals surface area contributed by atoms with E-state index in [1.54, 1.807) is 53.4 Å². The molecule has 1 fully saturated rings. The largest absolute Gasteiger partial charge is 0.497 e. The van der Waals surface area contributed by atoms with Crippen molar-refractivity contribution in [1.82, 2.24) is 4.90 Å². The number of carbonyl (C=O) groups excluding carboxylic acids is 2. The first kappa shape index (κ1) is 20.9. The molecule has 3 rings (SSSR count). The van der Waals surface area contributed by atoms with Gasteiger partial charge in [0.15, 0.2) is 9.84 Å². The van der Waals surface area contributed by atoms with Gasteiger partial charge in [-0.25, -0.2) is 8.42 Å². The van der Waals surface area contributed by atoms with Crippen LogP contribution < -0.4 is 9.47 Å². The van der Waals surface area contributed by atoms with Crippen LogP contribution in [0.1, 0.15) is 30.1 Å². The van der Waals surface area contributed by atoms with E-state index < -0.39 is 21.1 Å². The molecule has 0 atom stereocenters. The number of nitrogens with zero attached hydrogens (tertiary/aromatic N) is 1. The summed E-state index contributed by atoms with van der Waals surface area (Å²) < 4.78 is 35.8. The van der Waals surface area contributed by atoms with E-state index in [0.29, 0.717) is 43.0 Å². The number of rotatable bonds is 5. The fourth-order valence-electron chi connectivity index (χ4n) is 3.34. The molecule has 1 saturated heterocycles. The third-order valence-corrected chi connectivity index (χ3v) is 7.20. The van der Waals surface area contributed by atoms with Crippen molar-refractivity contribution in [2.24, 2.45) is 0 Å². The fraction of sp³-hybridized carbons (Fsp3) is 0.333. The van der Waals surface area contributed by atoms with Crippen LogP contribution in [0.5, 0.6) is 11.5 Å². The fourth-order valence-corrected chi connectivity index (χ4v) is 5.07. The lowest BCUT2D eigenvalue weighted by molar-refractivity contribution is -0.131. The van der Waals surface area contributed by atoms with Crippen molar-refractivity contribution in [2.75, 3.05) is 20.2 Å². The van der Waals surface area contributed by atoms with Gasteiger partial charge in [0.2, 0.25) is 0 Å². The number of ether oxygens (including phenoxy) is 2. The van der Waals surface area contributed by atoms with Gasteiger partial charge >= 0.3 is 5.97 Å². The molecule has 154 valence electrons. The minimum atomic E-state index is -3.46. The number of amides is 1. The van der Waals surface area contributed by atoms with Crippen LogP contribution in [-0.2, 0) is 14.6 Å². The molecular weight excluding hydrogens is 394 g/mol. The summed E-state index contributed by atoms with van der Waals surface area (Å²) >= 11 is 0. The first-order chi connectivity index (χ1) is 13.8. The highest BCUT2D eigenvalue weighted by Gasteiger charge is 2.33. The quantitative estimate of drug-likeness (QED) is 0.549. The average Bonchev–Trinajstić information content (AvgIpc) is 2.73. The zero-order valence-electron chi connectivity index (χ0n) is 16.3. The van der Waals surface area contributed by atoms with E-state index in [1.807, 2.05) is 0 Å². The molecule has 0 radical (unpaired) electrons. The maximum absolute atomic E-state index is 12.9. The standard InChI is InChI=1S/C21H23NO6S/c1-15(23)28-18-5-3-16(4-6-18)21(24)22-13-11-20(12-14-22)29(25,26)19-9-7-17(27-2)8-10-19/h3-10,20H,11-14H2,1-2H3. The monoisotopic (exact) mass is 417 g/mol. The van der Waals surface area contributed by atoms with Crippen molar-refractivity contribution in [2.45, 2.75) is 29.9 Å². The number of benzene rings is 2. The number of hydrogen-bond donors (Lipinski definition) is 0. The Balaban J connectivity index is 1.63. The van der Waals surface area contributed by atoms with E-state index in [4.69, 9.17) is 9.47 Å². The van der Waals surface area contributed by atoms with Crippen molar-refractivity contribution in [3.8, 4) is 11.5 Å². The van der Waals surface area contributed by atoms with Gasteiger partial charge in [-0.05, 0) is 61.4 Å². The highest BCUT2D eigenvalue weighted by molar-refractivity contribution is 7.92. The van der Waals surface area contributed by atoms with E-state index in [-0.39, 0.29) is 10.8 Å². The lowest BCUT2D eigenvalue weighted by Crippen LogP contribution is -2.42. The molecule has 0 unspecified atom stereocenters. The van der Waals surface area contributed by atoms with E-state index >= 15 is 0 Å². The predicted molar refractivity (Wildman–Crippen MR) is 107 cm³/mol. The summed E-state index contributed by atoms with van der Waals surface area (Å²) in [6.07, 6.45) is 0.761. The summed E-state index contributed by atoms with van der Waals surface area (Å²) in [6.45, 7) is 2.04. The van der Waals surface area contributed by atoms with E-state index in [0.717, 1.165) is 0 Å². The summed E-state index contributed by atoms with van der Waals surface area (Å²) in [6, 6.07) is 12.7.